The topological polar surface area (TPSA) is 87.7 Å². The van der Waals surface area contributed by atoms with Gasteiger partial charge >= 0.3 is 6.03 Å². The van der Waals surface area contributed by atoms with E-state index in [1.165, 1.54) is 13.2 Å². The fourth-order valence-electron chi connectivity index (χ4n) is 1.67. The Hall–Kier alpha value is -1.95. The molecular formula is C14H19ClN2O4. The van der Waals surface area contributed by atoms with Crippen LogP contribution in [0.3, 0.4) is 0 Å². The van der Waals surface area contributed by atoms with Crippen LogP contribution in [0, 0.1) is 0 Å². The predicted molar refractivity (Wildman–Crippen MR) is 80.1 cm³/mol. The normalized spacial score (nSPS) is 10.0. The number of ether oxygens (including phenoxy) is 1. The van der Waals surface area contributed by atoms with Crippen LogP contribution in [-0.2, 0) is 0 Å². The molecule has 1 aromatic rings. The molecule has 0 saturated carbocycles. The van der Waals surface area contributed by atoms with E-state index in [4.69, 9.17) is 16.3 Å². The van der Waals surface area contributed by atoms with Crippen molar-refractivity contribution >= 4 is 23.5 Å². The molecule has 0 aliphatic carbocycles. The first-order valence-corrected chi connectivity index (χ1v) is 7.03. The summed E-state index contributed by atoms with van der Waals surface area (Å²) in [6.45, 7) is 2.55. The Balaban J connectivity index is 2.63. The highest BCUT2D eigenvalue weighted by molar-refractivity contribution is 6.34. The minimum Gasteiger partial charge on any atom is -0.504 e. The highest BCUT2D eigenvalue weighted by Gasteiger charge is 2.16. The zero-order chi connectivity index (χ0) is 15.8. The Morgan fingerprint density at radius 3 is 2.67 bits per heavy atom. The van der Waals surface area contributed by atoms with E-state index in [1.54, 1.807) is 0 Å². The molecule has 3 amide bonds. The van der Waals surface area contributed by atoms with Crippen LogP contribution in [0.25, 0.3) is 0 Å². The first-order valence-electron chi connectivity index (χ1n) is 6.65. The van der Waals surface area contributed by atoms with Gasteiger partial charge in [-0.15, -0.1) is 0 Å². The smallest absolute Gasteiger partial charge is 0.321 e. The van der Waals surface area contributed by atoms with Gasteiger partial charge in [-0.05, 0) is 12.5 Å². The largest absolute Gasteiger partial charge is 0.504 e. The standard InChI is InChI=1S/C14H19ClN2O4/c1-3-4-5-6-16-14(20)17-13(19)9-7-11(18)12(21-2)8-10(9)15/h7-8,18H,3-6H2,1-2H3,(H2,16,17,19,20). The Bertz CT molecular complexity index is 520. The Morgan fingerprint density at radius 1 is 1.33 bits per heavy atom. The number of aromatic hydroxyl groups is 1. The Labute approximate surface area is 128 Å². The molecule has 0 aliphatic heterocycles. The number of rotatable bonds is 6. The second-order valence-electron chi connectivity index (χ2n) is 4.42. The number of methoxy groups -OCH3 is 1. The zero-order valence-corrected chi connectivity index (χ0v) is 12.8. The van der Waals surface area contributed by atoms with Gasteiger partial charge in [-0.2, -0.15) is 0 Å². The average molecular weight is 315 g/mol. The maximum Gasteiger partial charge on any atom is 0.321 e. The molecule has 0 heterocycles. The van der Waals surface area contributed by atoms with Crippen molar-refractivity contribution in [2.45, 2.75) is 26.2 Å². The third-order valence-corrected chi connectivity index (χ3v) is 3.12. The molecule has 0 saturated heterocycles. The number of imide groups is 1. The molecule has 0 radical (unpaired) electrons. The number of halogens is 1. The molecule has 0 fully saturated rings. The van der Waals surface area contributed by atoms with Crippen LogP contribution in [0.4, 0.5) is 4.79 Å². The number of nitrogens with one attached hydrogen (secondary N) is 2. The number of hydrogen-bond donors (Lipinski definition) is 3. The van der Waals surface area contributed by atoms with E-state index >= 15 is 0 Å². The Kier molecular flexibility index (Phi) is 6.81. The number of urea groups is 1. The highest BCUT2D eigenvalue weighted by atomic mass is 35.5. The number of amides is 3. The van der Waals surface area contributed by atoms with Crippen molar-refractivity contribution in [2.24, 2.45) is 0 Å². The summed E-state index contributed by atoms with van der Waals surface area (Å²) < 4.78 is 4.87. The molecule has 0 spiro atoms. The lowest BCUT2D eigenvalue weighted by Gasteiger charge is -2.10. The van der Waals surface area contributed by atoms with Gasteiger partial charge in [0.2, 0.25) is 0 Å². The lowest BCUT2D eigenvalue weighted by atomic mass is 10.2. The predicted octanol–water partition coefficient (Wildman–Crippen LogP) is 2.68. The Morgan fingerprint density at radius 2 is 2.05 bits per heavy atom. The average Bonchev–Trinajstić information content (AvgIpc) is 2.45. The number of benzene rings is 1. The monoisotopic (exact) mass is 314 g/mol. The molecule has 0 aliphatic rings. The first-order chi connectivity index (χ1) is 9.99. The molecule has 3 N–H and O–H groups in total. The van der Waals surface area contributed by atoms with Crippen molar-refractivity contribution < 1.29 is 19.4 Å². The minimum absolute atomic E-state index is 0.00123. The van der Waals surface area contributed by atoms with Crippen LogP contribution in [-0.4, -0.2) is 30.7 Å². The molecule has 1 rings (SSSR count). The second kappa shape index (κ2) is 8.36. The van der Waals surface area contributed by atoms with E-state index in [9.17, 15) is 14.7 Å². The van der Waals surface area contributed by atoms with Gasteiger partial charge in [0, 0.05) is 12.6 Å². The molecule has 116 valence electrons. The molecule has 1 aromatic carbocycles. The van der Waals surface area contributed by atoms with Gasteiger partial charge in [0.15, 0.2) is 11.5 Å². The van der Waals surface area contributed by atoms with Crippen molar-refractivity contribution in [3.63, 3.8) is 0 Å². The zero-order valence-electron chi connectivity index (χ0n) is 12.0. The van der Waals surface area contributed by atoms with Gasteiger partial charge < -0.3 is 15.2 Å². The number of hydrogen-bond acceptors (Lipinski definition) is 4. The molecule has 0 aromatic heterocycles. The number of carbonyl (C=O) groups is 2. The SMILES string of the molecule is CCCCCNC(=O)NC(=O)c1cc(O)c(OC)cc1Cl. The fraction of sp³-hybridized carbons (Fsp3) is 0.429. The second-order valence-corrected chi connectivity index (χ2v) is 4.83. The summed E-state index contributed by atoms with van der Waals surface area (Å²) in [6, 6.07) is 1.87. The molecule has 0 unspecified atom stereocenters. The van der Waals surface area contributed by atoms with Crippen molar-refractivity contribution in [1.29, 1.82) is 0 Å². The van der Waals surface area contributed by atoms with Crippen LogP contribution < -0.4 is 15.4 Å². The van der Waals surface area contributed by atoms with E-state index in [0.29, 0.717) is 6.54 Å². The summed E-state index contributed by atoms with van der Waals surface area (Å²) >= 11 is 5.92. The van der Waals surface area contributed by atoms with Crippen LogP contribution in [0.2, 0.25) is 5.02 Å². The van der Waals surface area contributed by atoms with Gasteiger partial charge in [0.1, 0.15) is 0 Å². The summed E-state index contributed by atoms with van der Waals surface area (Å²) in [4.78, 5) is 23.4. The van der Waals surface area contributed by atoms with E-state index in [-0.39, 0.29) is 22.1 Å². The molecule has 6 nitrogen and oxygen atoms in total. The number of carbonyl (C=O) groups excluding carboxylic acids is 2. The van der Waals surface area contributed by atoms with E-state index in [0.717, 1.165) is 25.3 Å². The molecule has 21 heavy (non-hydrogen) atoms. The van der Waals surface area contributed by atoms with E-state index in [2.05, 4.69) is 17.6 Å². The maximum absolute atomic E-state index is 11.9. The van der Waals surface area contributed by atoms with Crippen molar-refractivity contribution in [2.75, 3.05) is 13.7 Å². The van der Waals surface area contributed by atoms with Gasteiger partial charge in [-0.25, -0.2) is 4.79 Å². The third kappa shape index (κ3) is 5.15. The van der Waals surface area contributed by atoms with E-state index < -0.39 is 11.9 Å². The summed E-state index contributed by atoms with van der Waals surface area (Å²) in [5.74, 6) is -0.762. The van der Waals surface area contributed by atoms with Crippen molar-refractivity contribution in [3.05, 3.63) is 22.7 Å². The van der Waals surface area contributed by atoms with Gasteiger partial charge in [0.25, 0.3) is 5.91 Å². The van der Waals surface area contributed by atoms with E-state index in [1.807, 2.05) is 0 Å². The summed E-state index contributed by atoms with van der Waals surface area (Å²) in [7, 11) is 1.37. The maximum atomic E-state index is 11.9. The van der Waals surface area contributed by atoms with Gasteiger partial charge in [0.05, 0.1) is 17.7 Å². The number of phenols is 1. The summed E-state index contributed by atoms with van der Waals surface area (Å²) in [6.07, 6.45) is 2.90. The first kappa shape index (κ1) is 17.1. The van der Waals surface area contributed by atoms with Crippen LogP contribution in [0.1, 0.15) is 36.5 Å². The molecular weight excluding hydrogens is 296 g/mol. The third-order valence-electron chi connectivity index (χ3n) is 2.81. The van der Waals surface area contributed by atoms with Crippen LogP contribution in [0.5, 0.6) is 11.5 Å². The fourth-order valence-corrected chi connectivity index (χ4v) is 1.91. The summed E-state index contributed by atoms with van der Waals surface area (Å²) in [5, 5.41) is 14.4. The minimum atomic E-state index is -0.689. The summed E-state index contributed by atoms with van der Waals surface area (Å²) in [5.41, 5.74) is -0.00123. The lowest BCUT2D eigenvalue weighted by Crippen LogP contribution is -2.39. The molecule has 0 atom stereocenters. The quantitative estimate of drug-likeness (QED) is 0.704. The molecule has 0 bridgehead atoms. The lowest BCUT2D eigenvalue weighted by molar-refractivity contribution is 0.0963. The van der Waals surface area contributed by atoms with Crippen molar-refractivity contribution in [3.8, 4) is 11.5 Å². The van der Waals surface area contributed by atoms with Crippen molar-refractivity contribution in [1.82, 2.24) is 10.6 Å². The van der Waals surface area contributed by atoms with Crippen LogP contribution >= 0.6 is 11.6 Å². The molecule has 7 heteroatoms. The van der Waals surface area contributed by atoms with Gasteiger partial charge in [-0.3, -0.25) is 10.1 Å². The van der Waals surface area contributed by atoms with Crippen LogP contribution in [0.15, 0.2) is 12.1 Å². The van der Waals surface area contributed by atoms with Gasteiger partial charge in [-0.1, -0.05) is 31.4 Å². The highest BCUT2D eigenvalue weighted by Crippen LogP contribution is 2.31. The number of phenolic OH excluding ortho intramolecular Hbond substituents is 1. The number of unbranched alkanes of at least 4 members (excludes halogenated alkanes) is 2.